The van der Waals surface area contributed by atoms with Gasteiger partial charge in [-0.2, -0.15) is 0 Å². The van der Waals surface area contributed by atoms with E-state index in [2.05, 4.69) is 10.6 Å². The zero-order chi connectivity index (χ0) is 41.0. The highest BCUT2D eigenvalue weighted by Gasteiger charge is 2.04. The lowest BCUT2D eigenvalue weighted by Crippen LogP contribution is -2.06. The second-order valence-electron chi connectivity index (χ2n) is 11.3. The van der Waals surface area contributed by atoms with Gasteiger partial charge in [-0.3, -0.25) is 4.79 Å². The van der Waals surface area contributed by atoms with Crippen LogP contribution in [0.1, 0.15) is 18.1 Å². The predicted molar refractivity (Wildman–Crippen MR) is 232 cm³/mol. The number of nitrogens with one attached hydrogen (secondary N) is 2. The fourth-order valence-electron chi connectivity index (χ4n) is 4.23. The van der Waals surface area contributed by atoms with Crippen molar-refractivity contribution in [2.45, 2.75) is 25.7 Å². The van der Waals surface area contributed by atoms with Crippen molar-refractivity contribution >= 4 is 74.5 Å². The first kappa shape index (κ1) is 45.5. The van der Waals surface area contributed by atoms with Gasteiger partial charge in [0.15, 0.2) is 0 Å². The molecule has 5 aromatic rings. The summed E-state index contributed by atoms with van der Waals surface area (Å²) in [4.78, 5) is 11.8. The number of amides is 1. The number of nitrogen functional groups attached to an aromatic ring is 8. The molecule has 0 fully saturated rings. The number of hydrogen-bond acceptors (Lipinski definition) is 14. The minimum Gasteiger partial charge on any atom is -0.495 e. The molecule has 0 radical (unpaired) electrons. The molecule has 14 nitrogen and oxygen atoms in total. The van der Waals surface area contributed by atoms with Crippen LogP contribution in [0.4, 0.5) is 56.9 Å². The zero-order valence-corrected chi connectivity index (χ0v) is 33.1. The zero-order valence-electron chi connectivity index (χ0n) is 32.2. The van der Waals surface area contributed by atoms with Gasteiger partial charge < -0.3 is 70.7 Å². The summed E-state index contributed by atoms with van der Waals surface area (Å²) in [5.41, 5.74) is 53.8. The molecule has 1 amide bonds. The van der Waals surface area contributed by atoms with Crippen LogP contribution in [-0.4, -0.2) is 40.5 Å². The Bertz CT molecular complexity index is 1920. The Morgan fingerprint density at radius 2 is 1.06 bits per heavy atom. The molecule has 18 N–H and O–H groups in total. The summed E-state index contributed by atoms with van der Waals surface area (Å²) in [6.45, 7) is 5.22. The topological polar surface area (TPSA) is 277 Å². The van der Waals surface area contributed by atoms with Gasteiger partial charge in [-0.15, -0.1) is 11.8 Å². The number of rotatable bonds is 6. The van der Waals surface area contributed by atoms with Crippen molar-refractivity contribution in [3.05, 3.63) is 96.1 Å². The van der Waals surface area contributed by atoms with Crippen LogP contribution in [0.25, 0.3) is 0 Å². The van der Waals surface area contributed by atoms with E-state index < -0.39 is 0 Å². The van der Waals surface area contributed by atoms with E-state index in [1.54, 1.807) is 69.5 Å². The number of carbonyl (C=O) groups is 1. The van der Waals surface area contributed by atoms with Crippen LogP contribution < -0.4 is 70.7 Å². The molecule has 0 bridgehead atoms. The summed E-state index contributed by atoms with van der Waals surface area (Å²) >= 11 is 1.62. The monoisotopic (exact) mass is 760 g/mol. The molecule has 15 heteroatoms. The summed E-state index contributed by atoms with van der Waals surface area (Å²) in [5, 5.41) is 5.61. The van der Waals surface area contributed by atoms with Crippen LogP contribution in [0.2, 0.25) is 0 Å². The number of carbonyl (C=O) groups excluding carboxylic acids is 1. The van der Waals surface area contributed by atoms with Crippen molar-refractivity contribution in [3.63, 3.8) is 0 Å². The first-order valence-electron chi connectivity index (χ1n) is 16.3. The molecule has 5 aromatic carbocycles. The molecule has 292 valence electrons. The fourth-order valence-corrected chi connectivity index (χ4v) is 4.73. The van der Waals surface area contributed by atoms with E-state index in [-0.39, 0.29) is 5.91 Å². The molecule has 54 heavy (non-hydrogen) atoms. The van der Waals surface area contributed by atoms with E-state index in [0.717, 1.165) is 44.5 Å². The quantitative estimate of drug-likeness (QED) is 0.0657. The second-order valence-corrected chi connectivity index (χ2v) is 12.2. The van der Waals surface area contributed by atoms with Gasteiger partial charge in [0.1, 0.15) is 17.2 Å². The first-order valence-corrected chi connectivity index (χ1v) is 17.6. The Morgan fingerprint density at radius 3 is 1.48 bits per heavy atom. The van der Waals surface area contributed by atoms with Gasteiger partial charge in [-0.1, -0.05) is 6.07 Å². The highest BCUT2D eigenvalue weighted by molar-refractivity contribution is 7.98. The van der Waals surface area contributed by atoms with Crippen molar-refractivity contribution in [1.82, 2.24) is 0 Å². The minimum absolute atomic E-state index is 0.121. The Hall–Kier alpha value is -6.48. The van der Waals surface area contributed by atoms with Crippen molar-refractivity contribution in [1.29, 1.82) is 0 Å². The summed E-state index contributed by atoms with van der Waals surface area (Å²) in [7, 11) is 6.58. The second kappa shape index (κ2) is 23.2. The lowest BCUT2D eigenvalue weighted by Gasteiger charge is -2.08. The summed E-state index contributed by atoms with van der Waals surface area (Å²) < 4.78 is 15.0. The lowest BCUT2D eigenvalue weighted by molar-refractivity contribution is -0.114. The molecule has 0 unspecified atom stereocenters. The Balaban J connectivity index is 0.000000339. The maximum Gasteiger partial charge on any atom is 0.221 e. The fraction of sp³-hybridized carbons (Fsp3) is 0.205. The molecule has 0 saturated heterocycles. The van der Waals surface area contributed by atoms with Crippen molar-refractivity contribution in [2.24, 2.45) is 0 Å². The number of anilines is 10. The van der Waals surface area contributed by atoms with Crippen LogP contribution in [0.15, 0.2) is 89.8 Å². The maximum atomic E-state index is 10.7. The van der Waals surface area contributed by atoms with E-state index in [4.69, 9.17) is 60.1 Å². The molecule has 0 aliphatic heterocycles. The van der Waals surface area contributed by atoms with E-state index in [9.17, 15) is 4.79 Å². The SMILES string of the molecule is CNc1ccc(OC)c(N)c1.COc1ccc(N)c(C)c1N.COc1ccc(NC(C)=O)cc1N.CSc1ccc(N)cc1N.Cc1c(N)cccc1N. The molecule has 0 aliphatic carbocycles. The van der Waals surface area contributed by atoms with Gasteiger partial charge in [0.25, 0.3) is 0 Å². The van der Waals surface area contributed by atoms with Gasteiger partial charge in [0, 0.05) is 58.7 Å². The average Bonchev–Trinajstić information content (AvgIpc) is 3.14. The summed E-state index contributed by atoms with van der Waals surface area (Å²) in [6.07, 6.45) is 1.99. The first-order chi connectivity index (χ1) is 25.5. The van der Waals surface area contributed by atoms with E-state index in [1.807, 2.05) is 75.7 Å². The smallest absolute Gasteiger partial charge is 0.221 e. The highest BCUT2D eigenvalue weighted by atomic mass is 32.2. The van der Waals surface area contributed by atoms with Crippen LogP contribution >= 0.6 is 11.8 Å². The standard InChI is InChI=1S/C9H12N2O2.2C8H12N2O.C7H10N2S.C7H10N2/c1-6(12)11-7-3-4-9(13-2)8(10)5-7;1-10-6-3-4-8(11-2)7(9)5-6;1-5-6(9)3-4-7(11-2)8(5)10;1-10-7-3-2-5(8)4-6(7)9;1-5-6(8)3-2-4-7(5)9/h3-5H,10H2,1-2H3,(H,11,12);3-5,10H,9H2,1-2H3;3-4H,9-10H2,1-2H3;2-4H,8-9H2,1H3;2-4H,8-9H2,1H3. The third kappa shape index (κ3) is 15.0. The summed E-state index contributed by atoms with van der Waals surface area (Å²) in [6, 6.07) is 25.3. The van der Waals surface area contributed by atoms with E-state index >= 15 is 0 Å². The molecule has 0 spiro atoms. The van der Waals surface area contributed by atoms with Crippen LogP contribution in [0.3, 0.4) is 0 Å². The minimum atomic E-state index is -0.121. The normalized spacial score (nSPS) is 9.48. The molecule has 0 atom stereocenters. The maximum absolute atomic E-state index is 10.7. The number of thioether (sulfide) groups is 1. The van der Waals surface area contributed by atoms with Gasteiger partial charge >= 0.3 is 0 Å². The molecule has 0 aromatic heterocycles. The molecule has 0 aliphatic rings. The Kier molecular flexibility index (Phi) is 19.5. The Morgan fingerprint density at radius 1 is 0.574 bits per heavy atom. The summed E-state index contributed by atoms with van der Waals surface area (Å²) in [5.74, 6) is 1.87. The van der Waals surface area contributed by atoms with Gasteiger partial charge in [0.2, 0.25) is 5.91 Å². The number of benzene rings is 5. The third-order valence-electron chi connectivity index (χ3n) is 7.48. The van der Waals surface area contributed by atoms with Crippen molar-refractivity contribution in [2.75, 3.05) is 91.1 Å². The Labute approximate surface area is 322 Å². The predicted octanol–water partition coefficient (Wildman–Crippen LogP) is 6.46. The molecule has 5 rings (SSSR count). The lowest BCUT2D eigenvalue weighted by atomic mass is 10.1. The molecular formula is C39H56N10O4S. The third-order valence-corrected chi connectivity index (χ3v) is 8.29. The molecule has 0 saturated carbocycles. The van der Waals surface area contributed by atoms with Crippen molar-refractivity contribution in [3.8, 4) is 17.2 Å². The largest absolute Gasteiger partial charge is 0.495 e. The average molecular weight is 761 g/mol. The van der Waals surface area contributed by atoms with Crippen molar-refractivity contribution < 1.29 is 19.0 Å². The van der Waals surface area contributed by atoms with Gasteiger partial charge in [0.05, 0.1) is 38.4 Å². The van der Waals surface area contributed by atoms with E-state index in [1.165, 1.54) is 6.92 Å². The molecule has 0 heterocycles. The van der Waals surface area contributed by atoms with Gasteiger partial charge in [-0.25, -0.2) is 0 Å². The van der Waals surface area contributed by atoms with Crippen LogP contribution in [0.5, 0.6) is 17.2 Å². The number of methoxy groups -OCH3 is 3. The van der Waals surface area contributed by atoms with Crippen LogP contribution in [-0.2, 0) is 4.79 Å². The van der Waals surface area contributed by atoms with Gasteiger partial charge in [-0.05, 0) is 110 Å². The highest BCUT2D eigenvalue weighted by Crippen LogP contribution is 2.29. The number of ether oxygens (including phenoxy) is 3. The van der Waals surface area contributed by atoms with Crippen LogP contribution in [0, 0.1) is 13.8 Å². The molecular weight excluding hydrogens is 705 g/mol. The number of hydrogen-bond donors (Lipinski definition) is 10. The number of nitrogens with two attached hydrogens (primary N) is 8. The van der Waals surface area contributed by atoms with E-state index in [0.29, 0.717) is 45.7 Å².